The summed E-state index contributed by atoms with van der Waals surface area (Å²) in [6.45, 7) is 1.96. The summed E-state index contributed by atoms with van der Waals surface area (Å²) in [6, 6.07) is 14.9. The van der Waals surface area contributed by atoms with E-state index in [1.165, 1.54) is 17.7 Å². The third-order valence-electron chi connectivity index (χ3n) is 5.49. The highest BCUT2D eigenvalue weighted by Crippen LogP contribution is 2.36. The van der Waals surface area contributed by atoms with E-state index in [1.807, 2.05) is 61.7 Å². The maximum absolute atomic E-state index is 12.1. The smallest absolute Gasteiger partial charge is 0.326 e. The van der Waals surface area contributed by atoms with Crippen LogP contribution in [-0.4, -0.2) is 32.1 Å². The molecule has 0 aliphatic rings. The summed E-state index contributed by atoms with van der Waals surface area (Å²) < 4.78 is 0. The van der Waals surface area contributed by atoms with Gasteiger partial charge >= 0.3 is 5.97 Å². The van der Waals surface area contributed by atoms with E-state index < -0.39 is 12.0 Å². The molecule has 0 amide bonds. The van der Waals surface area contributed by atoms with Crippen molar-refractivity contribution in [3.8, 4) is 10.4 Å². The largest absolute Gasteiger partial charge is 0.480 e. The molecule has 3 heterocycles. The van der Waals surface area contributed by atoms with Gasteiger partial charge in [0, 0.05) is 33.4 Å². The minimum Gasteiger partial charge on any atom is -0.480 e. The van der Waals surface area contributed by atoms with Crippen LogP contribution in [0.5, 0.6) is 0 Å². The number of aromatic nitrogens is 3. The van der Waals surface area contributed by atoms with Gasteiger partial charge in [0.05, 0.1) is 5.39 Å². The number of nitrogens with one attached hydrogen (secondary N) is 2. The Morgan fingerprint density at radius 3 is 2.84 bits per heavy atom. The van der Waals surface area contributed by atoms with E-state index >= 15 is 0 Å². The monoisotopic (exact) mass is 462 g/mol. The quantitative estimate of drug-likeness (QED) is 0.292. The molecule has 0 saturated heterocycles. The first-order valence-corrected chi connectivity index (χ1v) is 11.2. The van der Waals surface area contributed by atoms with Crippen LogP contribution in [0.4, 0.5) is 5.82 Å². The molecule has 2 aromatic carbocycles. The first kappa shape index (κ1) is 20.5. The van der Waals surface area contributed by atoms with Crippen LogP contribution in [0.25, 0.3) is 31.6 Å². The normalized spacial score (nSPS) is 12.3. The van der Waals surface area contributed by atoms with Crippen LogP contribution in [0.15, 0.2) is 61.1 Å². The van der Waals surface area contributed by atoms with Crippen molar-refractivity contribution >= 4 is 55.8 Å². The molecule has 0 bridgehead atoms. The minimum atomic E-state index is -0.942. The Morgan fingerprint density at radius 2 is 2.03 bits per heavy atom. The summed E-state index contributed by atoms with van der Waals surface area (Å²) in [5, 5.41) is 15.5. The molecule has 0 aliphatic carbocycles. The summed E-state index contributed by atoms with van der Waals surface area (Å²) in [5.74, 6) is -0.439. The van der Waals surface area contributed by atoms with Crippen molar-refractivity contribution in [2.45, 2.75) is 19.4 Å². The maximum atomic E-state index is 12.1. The Bertz CT molecular complexity index is 1460. The molecule has 1 atom stereocenters. The van der Waals surface area contributed by atoms with Gasteiger partial charge in [0.2, 0.25) is 0 Å². The maximum Gasteiger partial charge on any atom is 0.326 e. The lowest BCUT2D eigenvalue weighted by atomic mass is 10.0. The van der Waals surface area contributed by atoms with Gasteiger partial charge in [-0.1, -0.05) is 41.9 Å². The predicted octanol–water partition coefficient (Wildman–Crippen LogP) is 5.91. The van der Waals surface area contributed by atoms with Crippen molar-refractivity contribution in [1.29, 1.82) is 0 Å². The number of rotatable bonds is 6. The lowest BCUT2D eigenvalue weighted by Crippen LogP contribution is -2.31. The highest BCUT2D eigenvalue weighted by molar-refractivity contribution is 7.21. The molecule has 3 N–H and O–H groups in total. The third kappa shape index (κ3) is 3.81. The number of hydrogen-bond acceptors (Lipinski definition) is 5. The average molecular weight is 463 g/mol. The Morgan fingerprint density at radius 1 is 1.19 bits per heavy atom. The number of fused-ring (bicyclic) bond motifs is 2. The molecule has 0 fully saturated rings. The lowest BCUT2D eigenvalue weighted by molar-refractivity contribution is -0.137. The predicted molar refractivity (Wildman–Crippen MR) is 130 cm³/mol. The van der Waals surface area contributed by atoms with Gasteiger partial charge < -0.3 is 15.4 Å². The molecule has 0 spiro atoms. The summed E-state index contributed by atoms with van der Waals surface area (Å²) in [6.07, 6.45) is 3.63. The first-order chi connectivity index (χ1) is 15.5. The van der Waals surface area contributed by atoms with Crippen LogP contribution in [0, 0.1) is 6.92 Å². The van der Waals surface area contributed by atoms with Crippen LogP contribution in [0.1, 0.15) is 11.1 Å². The van der Waals surface area contributed by atoms with E-state index in [0.717, 1.165) is 42.7 Å². The van der Waals surface area contributed by atoms with Crippen LogP contribution in [-0.2, 0) is 11.2 Å². The lowest BCUT2D eigenvalue weighted by Gasteiger charge is -2.15. The number of thiophene rings is 1. The number of halogens is 1. The summed E-state index contributed by atoms with van der Waals surface area (Å²) >= 11 is 7.82. The van der Waals surface area contributed by atoms with E-state index in [-0.39, 0.29) is 0 Å². The molecule has 0 aliphatic heterocycles. The summed E-state index contributed by atoms with van der Waals surface area (Å²) in [4.78, 5) is 25.8. The molecule has 0 radical (unpaired) electrons. The van der Waals surface area contributed by atoms with Crippen LogP contribution < -0.4 is 5.32 Å². The Hall–Kier alpha value is -3.42. The number of para-hydroxylation sites is 1. The first-order valence-electron chi connectivity index (χ1n) is 10.0. The van der Waals surface area contributed by atoms with Gasteiger partial charge in [0.25, 0.3) is 0 Å². The van der Waals surface area contributed by atoms with Crippen molar-refractivity contribution in [2.75, 3.05) is 5.32 Å². The second-order valence-corrected chi connectivity index (χ2v) is 9.05. The second kappa shape index (κ2) is 8.26. The van der Waals surface area contributed by atoms with E-state index in [4.69, 9.17) is 11.6 Å². The molecular weight excluding hydrogens is 444 g/mol. The fourth-order valence-corrected chi connectivity index (χ4v) is 4.92. The van der Waals surface area contributed by atoms with E-state index in [0.29, 0.717) is 17.3 Å². The van der Waals surface area contributed by atoms with Gasteiger partial charge in [-0.25, -0.2) is 14.8 Å². The second-order valence-electron chi connectivity index (χ2n) is 7.61. The van der Waals surface area contributed by atoms with Gasteiger partial charge in [-0.3, -0.25) is 0 Å². The van der Waals surface area contributed by atoms with Crippen molar-refractivity contribution in [3.63, 3.8) is 0 Å². The number of benzene rings is 2. The summed E-state index contributed by atoms with van der Waals surface area (Å²) in [7, 11) is 0. The van der Waals surface area contributed by atoms with Crippen LogP contribution in [0.2, 0.25) is 5.02 Å². The number of aliphatic carboxylic acids is 1. The number of carbonyl (C=O) groups is 1. The zero-order chi connectivity index (χ0) is 22.2. The van der Waals surface area contributed by atoms with Crippen molar-refractivity contribution < 1.29 is 9.90 Å². The van der Waals surface area contributed by atoms with Crippen LogP contribution in [0.3, 0.4) is 0 Å². The molecule has 5 aromatic rings. The highest BCUT2D eigenvalue weighted by Gasteiger charge is 2.22. The number of carboxylic acid groups (broad SMARTS) is 1. The number of aryl methyl sites for hydroxylation is 1. The van der Waals surface area contributed by atoms with Gasteiger partial charge in [-0.05, 0) is 41.8 Å². The molecule has 1 unspecified atom stereocenters. The van der Waals surface area contributed by atoms with Gasteiger partial charge in [-0.2, -0.15) is 0 Å². The average Bonchev–Trinajstić information content (AvgIpc) is 3.40. The minimum absolute atomic E-state index is 0.315. The summed E-state index contributed by atoms with van der Waals surface area (Å²) in [5.41, 5.74) is 3.92. The SMILES string of the molecule is Cc1ccc(-c2cc3c(NC(Cc4c[nH]c5ccccc45)C(=O)O)ncnc3s2)cc1Cl. The zero-order valence-electron chi connectivity index (χ0n) is 17.1. The number of nitrogens with zero attached hydrogens (tertiary/aromatic N) is 2. The number of anilines is 1. The topological polar surface area (TPSA) is 90.9 Å². The molecule has 8 heteroatoms. The Balaban J connectivity index is 1.48. The zero-order valence-corrected chi connectivity index (χ0v) is 18.7. The van der Waals surface area contributed by atoms with Gasteiger partial charge in [-0.15, -0.1) is 11.3 Å². The van der Waals surface area contributed by atoms with Crippen molar-refractivity contribution in [2.24, 2.45) is 0 Å². The Labute approximate surface area is 192 Å². The highest BCUT2D eigenvalue weighted by atomic mass is 35.5. The van der Waals surface area contributed by atoms with E-state index in [1.54, 1.807) is 0 Å². The molecule has 32 heavy (non-hydrogen) atoms. The van der Waals surface area contributed by atoms with Crippen LogP contribution >= 0.6 is 22.9 Å². The van der Waals surface area contributed by atoms with Gasteiger partial charge in [0.15, 0.2) is 0 Å². The molecular formula is C24H19ClN4O2S. The van der Waals surface area contributed by atoms with Gasteiger partial charge in [0.1, 0.15) is 23.0 Å². The van der Waals surface area contributed by atoms with E-state index in [2.05, 4.69) is 20.3 Å². The molecule has 6 nitrogen and oxygen atoms in total. The Kier molecular flexibility index (Phi) is 5.28. The molecule has 3 aromatic heterocycles. The fourth-order valence-electron chi connectivity index (χ4n) is 3.74. The number of H-pyrrole nitrogens is 1. The number of aromatic amines is 1. The van der Waals surface area contributed by atoms with E-state index in [9.17, 15) is 9.90 Å². The third-order valence-corrected chi connectivity index (χ3v) is 6.99. The standard InChI is InChI=1S/C24H19ClN4O2S/c1-13-6-7-14(8-18(13)25)21-10-17-22(27-12-28-23(17)32-21)29-20(24(30)31)9-15-11-26-19-5-3-2-4-16(15)19/h2-8,10-12,20,26H,9H2,1H3,(H,30,31)(H,27,28,29). The van der Waals surface area contributed by atoms with Crippen molar-refractivity contribution in [3.05, 3.63) is 77.2 Å². The number of hydrogen-bond donors (Lipinski definition) is 3. The fraction of sp³-hybridized carbons (Fsp3) is 0.125. The molecule has 0 saturated carbocycles. The van der Waals surface area contributed by atoms with Crippen molar-refractivity contribution in [1.82, 2.24) is 15.0 Å². The number of carboxylic acids is 1. The molecule has 5 rings (SSSR count). The molecule has 160 valence electrons.